The van der Waals surface area contributed by atoms with Gasteiger partial charge in [0.1, 0.15) is 18.3 Å². The number of hydrogen-bond acceptors (Lipinski definition) is 5. The van der Waals surface area contributed by atoms with Crippen LogP contribution in [-0.2, 0) is 26.0 Å². The highest BCUT2D eigenvalue weighted by atomic mass is 32.2. The highest BCUT2D eigenvalue weighted by Crippen LogP contribution is 2.32. The van der Waals surface area contributed by atoms with Gasteiger partial charge in [-0.3, -0.25) is 13.9 Å². The molecule has 1 N–H and O–H groups in total. The molecule has 0 aromatic heterocycles. The van der Waals surface area contributed by atoms with Crippen molar-refractivity contribution in [3.05, 3.63) is 90.5 Å². The third kappa shape index (κ3) is 8.57. The normalized spacial score (nSPS) is 12.3. The molecule has 0 bridgehead atoms. The number of nitrogens with zero attached hydrogens (tertiary/aromatic N) is 2. The highest BCUT2D eigenvalue weighted by Gasteiger charge is 2.35. The van der Waals surface area contributed by atoms with Gasteiger partial charge in [0.15, 0.2) is 0 Å². The van der Waals surface area contributed by atoms with Crippen LogP contribution >= 0.6 is 0 Å². The molecule has 9 heteroatoms. The molecule has 2 amide bonds. The van der Waals surface area contributed by atoms with E-state index in [1.54, 1.807) is 42.5 Å². The molecule has 0 unspecified atom stereocenters. The SMILES string of the molecule is CCOc1ccccc1N(CC(=O)N(CCc1ccccc1)[C@H](CC)C(=O)NC(C)(C)C)S(=O)(=O)c1ccccc1. The first-order valence-corrected chi connectivity index (χ1v) is 15.4. The van der Waals surface area contributed by atoms with Gasteiger partial charge in [0, 0.05) is 12.1 Å². The second-order valence-electron chi connectivity index (χ2n) is 10.7. The predicted octanol–water partition coefficient (Wildman–Crippen LogP) is 5.05. The van der Waals surface area contributed by atoms with Crippen molar-refractivity contribution in [2.24, 2.45) is 0 Å². The van der Waals surface area contributed by atoms with Crippen LogP contribution in [0.5, 0.6) is 5.75 Å². The van der Waals surface area contributed by atoms with Crippen LogP contribution in [-0.4, -0.2) is 56.4 Å². The lowest BCUT2D eigenvalue weighted by Crippen LogP contribution is -2.56. The molecule has 220 valence electrons. The summed E-state index contributed by atoms with van der Waals surface area (Å²) < 4.78 is 34.9. The van der Waals surface area contributed by atoms with Gasteiger partial charge in [-0.05, 0) is 70.4 Å². The van der Waals surface area contributed by atoms with Crippen LogP contribution in [0.4, 0.5) is 5.69 Å². The van der Waals surface area contributed by atoms with Gasteiger partial charge in [-0.2, -0.15) is 0 Å². The fraction of sp³-hybridized carbons (Fsp3) is 0.375. The van der Waals surface area contributed by atoms with Crippen LogP contribution in [0.3, 0.4) is 0 Å². The van der Waals surface area contributed by atoms with E-state index in [9.17, 15) is 18.0 Å². The van der Waals surface area contributed by atoms with Gasteiger partial charge in [-0.25, -0.2) is 8.42 Å². The molecule has 0 aliphatic rings. The zero-order chi connectivity index (χ0) is 30.0. The third-order valence-corrected chi connectivity index (χ3v) is 8.19. The van der Waals surface area contributed by atoms with Crippen molar-refractivity contribution in [1.29, 1.82) is 0 Å². The maximum atomic E-state index is 14.2. The van der Waals surface area contributed by atoms with Crippen molar-refractivity contribution in [3.8, 4) is 5.75 Å². The van der Waals surface area contributed by atoms with Gasteiger partial charge < -0.3 is 15.0 Å². The second-order valence-corrected chi connectivity index (χ2v) is 12.6. The van der Waals surface area contributed by atoms with Crippen LogP contribution < -0.4 is 14.4 Å². The Bertz CT molecular complexity index is 1390. The Kier molecular flexibility index (Phi) is 10.9. The van der Waals surface area contributed by atoms with E-state index in [1.807, 2.05) is 65.0 Å². The first-order chi connectivity index (χ1) is 19.5. The van der Waals surface area contributed by atoms with E-state index in [2.05, 4.69) is 5.32 Å². The van der Waals surface area contributed by atoms with Crippen LogP contribution in [0.15, 0.2) is 89.8 Å². The molecule has 0 spiro atoms. The number of anilines is 1. The van der Waals surface area contributed by atoms with Crippen LogP contribution in [0, 0.1) is 0 Å². The fourth-order valence-electron chi connectivity index (χ4n) is 4.52. The number of amides is 2. The number of carbonyl (C=O) groups excluding carboxylic acids is 2. The minimum Gasteiger partial charge on any atom is -0.492 e. The van der Waals surface area contributed by atoms with Gasteiger partial charge in [0.2, 0.25) is 11.8 Å². The second kappa shape index (κ2) is 14.2. The van der Waals surface area contributed by atoms with Gasteiger partial charge in [-0.15, -0.1) is 0 Å². The number of para-hydroxylation sites is 2. The maximum Gasteiger partial charge on any atom is 0.264 e. The molecule has 3 aromatic carbocycles. The Balaban J connectivity index is 2.06. The fourth-order valence-corrected chi connectivity index (χ4v) is 5.97. The molecule has 0 saturated carbocycles. The van der Waals surface area contributed by atoms with E-state index >= 15 is 0 Å². The summed E-state index contributed by atoms with van der Waals surface area (Å²) in [5.74, 6) is -0.424. The molecule has 0 aliphatic carbocycles. The molecule has 0 aliphatic heterocycles. The topological polar surface area (TPSA) is 96.0 Å². The molecule has 8 nitrogen and oxygen atoms in total. The van der Waals surface area contributed by atoms with Gasteiger partial charge in [0.05, 0.1) is 17.2 Å². The number of nitrogens with one attached hydrogen (secondary N) is 1. The number of carbonyl (C=O) groups is 2. The summed E-state index contributed by atoms with van der Waals surface area (Å²) in [7, 11) is -4.17. The van der Waals surface area contributed by atoms with Gasteiger partial charge in [0.25, 0.3) is 10.0 Å². The lowest BCUT2D eigenvalue weighted by Gasteiger charge is -2.35. The first kappa shape index (κ1) is 31.7. The van der Waals surface area contributed by atoms with Crippen molar-refractivity contribution in [1.82, 2.24) is 10.2 Å². The molecule has 0 fully saturated rings. The van der Waals surface area contributed by atoms with Crippen molar-refractivity contribution in [2.45, 2.75) is 63.9 Å². The Morgan fingerprint density at radius 1 is 0.878 bits per heavy atom. The van der Waals surface area contributed by atoms with Gasteiger partial charge >= 0.3 is 0 Å². The van der Waals surface area contributed by atoms with Crippen molar-refractivity contribution >= 4 is 27.5 Å². The lowest BCUT2D eigenvalue weighted by atomic mass is 10.1. The molecule has 0 saturated heterocycles. The minimum absolute atomic E-state index is 0.0486. The average molecular weight is 580 g/mol. The Hall–Kier alpha value is -3.85. The largest absolute Gasteiger partial charge is 0.492 e. The summed E-state index contributed by atoms with van der Waals surface area (Å²) in [5.41, 5.74) is 0.756. The van der Waals surface area contributed by atoms with Crippen LogP contribution in [0.1, 0.15) is 46.6 Å². The summed E-state index contributed by atoms with van der Waals surface area (Å²) in [4.78, 5) is 29.1. The van der Waals surface area contributed by atoms with E-state index in [-0.39, 0.29) is 23.0 Å². The molecule has 0 heterocycles. The molecule has 41 heavy (non-hydrogen) atoms. The van der Waals surface area contributed by atoms with E-state index in [0.29, 0.717) is 25.2 Å². The number of benzene rings is 3. The summed E-state index contributed by atoms with van der Waals surface area (Å²) >= 11 is 0. The lowest BCUT2D eigenvalue weighted by molar-refractivity contribution is -0.140. The highest BCUT2D eigenvalue weighted by molar-refractivity contribution is 7.92. The monoisotopic (exact) mass is 579 g/mol. The number of hydrogen-bond donors (Lipinski definition) is 1. The Labute approximate surface area is 244 Å². The van der Waals surface area contributed by atoms with Gasteiger partial charge in [-0.1, -0.05) is 67.6 Å². The van der Waals surface area contributed by atoms with E-state index in [0.717, 1.165) is 9.87 Å². The quantitative estimate of drug-likeness (QED) is 0.306. The smallest absolute Gasteiger partial charge is 0.264 e. The number of sulfonamides is 1. The molecule has 3 rings (SSSR count). The van der Waals surface area contributed by atoms with Crippen molar-refractivity contribution in [3.63, 3.8) is 0 Å². The zero-order valence-corrected chi connectivity index (χ0v) is 25.4. The first-order valence-electron chi connectivity index (χ1n) is 13.9. The van der Waals surface area contributed by atoms with Crippen LogP contribution in [0.2, 0.25) is 0 Å². The molecule has 0 radical (unpaired) electrons. The summed E-state index contributed by atoms with van der Waals surface area (Å²) in [6.07, 6.45) is 0.871. The summed E-state index contributed by atoms with van der Waals surface area (Å²) in [6.45, 7) is 9.35. The summed E-state index contributed by atoms with van der Waals surface area (Å²) in [6, 6.07) is 23.6. The standard InChI is InChI=1S/C32H41N3O5S/c1-6-27(31(37)33-32(3,4)5)34(23-22-25-16-10-8-11-17-25)30(36)24-35(28-20-14-15-21-29(28)40-7-2)41(38,39)26-18-12-9-13-19-26/h8-21,27H,6-7,22-24H2,1-5H3,(H,33,37)/t27-/m1/s1. The molecule has 1 atom stereocenters. The van der Waals surface area contributed by atoms with E-state index in [1.165, 1.54) is 17.0 Å². The van der Waals surface area contributed by atoms with E-state index < -0.39 is 34.1 Å². The molecular formula is C32H41N3O5S. The van der Waals surface area contributed by atoms with Crippen molar-refractivity contribution in [2.75, 3.05) is 24.0 Å². The molecular weight excluding hydrogens is 538 g/mol. The maximum absolute atomic E-state index is 14.2. The minimum atomic E-state index is -4.17. The van der Waals surface area contributed by atoms with Crippen molar-refractivity contribution < 1.29 is 22.7 Å². The van der Waals surface area contributed by atoms with E-state index in [4.69, 9.17) is 4.74 Å². The number of rotatable bonds is 13. The third-order valence-electron chi connectivity index (χ3n) is 6.41. The molecule has 3 aromatic rings. The average Bonchev–Trinajstić information content (AvgIpc) is 2.94. The zero-order valence-electron chi connectivity index (χ0n) is 24.5. The number of ether oxygens (including phenoxy) is 1. The Morgan fingerprint density at radius 3 is 2.05 bits per heavy atom. The van der Waals surface area contributed by atoms with Crippen LogP contribution in [0.25, 0.3) is 0 Å². The summed E-state index contributed by atoms with van der Waals surface area (Å²) in [5, 5.41) is 2.99. The predicted molar refractivity (Wildman–Crippen MR) is 162 cm³/mol. The Morgan fingerprint density at radius 2 is 1.46 bits per heavy atom.